The minimum Gasteiger partial charge on any atom is -0.478 e. The van der Waals surface area contributed by atoms with Crippen LogP contribution >= 0.6 is 0 Å². The van der Waals surface area contributed by atoms with Crippen molar-refractivity contribution in [3.63, 3.8) is 0 Å². The van der Waals surface area contributed by atoms with Crippen LogP contribution in [0.5, 0.6) is 0 Å². The molecule has 2 aromatic rings. The minimum atomic E-state index is -3.84. The predicted molar refractivity (Wildman–Crippen MR) is 103 cm³/mol. The molecule has 1 N–H and O–H groups in total. The molecule has 1 heterocycles. The summed E-state index contributed by atoms with van der Waals surface area (Å²) in [6, 6.07) is 13.6. The first-order valence-corrected chi connectivity index (χ1v) is 10.4. The number of sulfonamides is 1. The zero-order valence-corrected chi connectivity index (χ0v) is 16.3. The third-order valence-corrected chi connectivity index (χ3v) is 6.99. The van der Waals surface area contributed by atoms with E-state index in [0.29, 0.717) is 31.6 Å². The van der Waals surface area contributed by atoms with Gasteiger partial charge >= 0.3 is 5.97 Å². The molecule has 6 nitrogen and oxygen atoms in total. The Morgan fingerprint density at radius 2 is 1.85 bits per heavy atom. The van der Waals surface area contributed by atoms with Crippen molar-refractivity contribution in [3.05, 3.63) is 65.2 Å². The maximum Gasteiger partial charge on any atom is 0.335 e. The summed E-state index contributed by atoms with van der Waals surface area (Å²) in [6.45, 7) is 3.44. The van der Waals surface area contributed by atoms with Gasteiger partial charge in [-0.3, -0.25) is 0 Å². The van der Waals surface area contributed by atoms with Gasteiger partial charge in [0.05, 0.1) is 16.5 Å². The predicted octanol–water partition coefficient (Wildman–Crippen LogP) is 2.62. The Bertz CT molecular complexity index is 928. The summed E-state index contributed by atoms with van der Waals surface area (Å²) in [5, 5.41) is 9.30. The number of carboxylic acids is 1. The van der Waals surface area contributed by atoms with E-state index < -0.39 is 16.0 Å². The average Bonchev–Trinajstić information content (AvgIpc) is 2.67. The zero-order valence-electron chi connectivity index (χ0n) is 15.5. The van der Waals surface area contributed by atoms with Crippen molar-refractivity contribution in [2.75, 3.05) is 26.7 Å². The molecule has 0 aromatic heterocycles. The molecule has 0 amide bonds. The van der Waals surface area contributed by atoms with E-state index in [9.17, 15) is 18.3 Å². The van der Waals surface area contributed by atoms with Crippen molar-refractivity contribution in [3.8, 4) is 0 Å². The van der Waals surface area contributed by atoms with E-state index in [1.165, 1.54) is 16.4 Å². The third-order valence-electron chi connectivity index (χ3n) is 5.00. The fraction of sp³-hybridized carbons (Fsp3) is 0.350. The second-order valence-electron chi connectivity index (χ2n) is 6.79. The van der Waals surface area contributed by atoms with E-state index in [1.807, 2.05) is 44.3 Å². The molecule has 0 saturated carbocycles. The number of carbonyl (C=O) groups is 1. The highest BCUT2D eigenvalue weighted by atomic mass is 32.2. The van der Waals surface area contributed by atoms with Gasteiger partial charge < -0.3 is 10.0 Å². The molecule has 1 unspecified atom stereocenters. The van der Waals surface area contributed by atoms with Crippen molar-refractivity contribution in [1.82, 2.24) is 9.21 Å². The summed E-state index contributed by atoms with van der Waals surface area (Å²) in [4.78, 5) is 13.6. The molecule has 0 radical (unpaired) electrons. The van der Waals surface area contributed by atoms with Crippen LogP contribution in [-0.2, 0) is 16.4 Å². The maximum atomic E-state index is 13.5. The standard InChI is InChI=1S/C20H24N2O4S/c1-3-15-9-10-17(20(23)24)13-19(15)27(25,26)22-12-11-21(2)14-18(22)16-7-5-4-6-8-16/h4-10,13,18H,3,11-12,14H2,1-2H3,(H,23,24). The number of rotatable bonds is 5. The molecule has 1 saturated heterocycles. The molecular weight excluding hydrogens is 364 g/mol. The van der Waals surface area contributed by atoms with Crippen LogP contribution in [0.15, 0.2) is 53.4 Å². The zero-order chi connectivity index (χ0) is 19.6. The van der Waals surface area contributed by atoms with Crippen LogP contribution in [0.25, 0.3) is 0 Å². The molecule has 144 valence electrons. The second-order valence-corrected chi connectivity index (χ2v) is 8.64. The van der Waals surface area contributed by atoms with Gasteiger partial charge in [-0.25, -0.2) is 13.2 Å². The first-order chi connectivity index (χ1) is 12.8. The Labute approximate surface area is 160 Å². The quantitative estimate of drug-likeness (QED) is 0.852. The molecule has 1 atom stereocenters. The minimum absolute atomic E-state index is 0.0174. The van der Waals surface area contributed by atoms with Crippen LogP contribution < -0.4 is 0 Å². The second kappa shape index (κ2) is 7.80. The highest BCUT2D eigenvalue weighted by Crippen LogP contribution is 2.32. The van der Waals surface area contributed by atoms with Gasteiger partial charge in [-0.1, -0.05) is 43.3 Å². The van der Waals surface area contributed by atoms with Crippen LogP contribution in [0.3, 0.4) is 0 Å². The van der Waals surface area contributed by atoms with Crippen LogP contribution in [0, 0.1) is 0 Å². The lowest BCUT2D eigenvalue weighted by Gasteiger charge is -2.39. The van der Waals surface area contributed by atoms with Gasteiger partial charge in [0.2, 0.25) is 10.0 Å². The van der Waals surface area contributed by atoms with Crippen molar-refractivity contribution < 1.29 is 18.3 Å². The summed E-state index contributed by atoms with van der Waals surface area (Å²) in [7, 11) is -1.86. The largest absolute Gasteiger partial charge is 0.478 e. The number of carboxylic acid groups (broad SMARTS) is 1. The van der Waals surface area contributed by atoms with E-state index >= 15 is 0 Å². The first kappa shape index (κ1) is 19.5. The Balaban J connectivity index is 2.09. The number of hydrogen-bond acceptors (Lipinski definition) is 4. The highest BCUT2D eigenvalue weighted by molar-refractivity contribution is 7.89. The Morgan fingerprint density at radius 1 is 1.15 bits per heavy atom. The van der Waals surface area contributed by atoms with Gasteiger partial charge in [-0.15, -0.1) is 0 Å². The van der Waals surface area contributed by atoms with Crippen LogP contribution in [0.1, 0.15) is 34.5 Å². The number of likely N-dealkylation sites (N-methyl/N-ethyl adjacent to an activating group) is 1. The molecular formula is C20H24N2O4S. The van der Waals surface area contributed by atoms with E-state index in [2.05, 4.69) is 4.90 Å². The Morgan fingerprint density at radius 3 is 2.48 bits per heavy atom. The van der Waals surface area contributed by atoms with Crippen molar-refractivity contribution in [2.24, 2.45) is 0 Å². The smallest absolute Gasteiger partial charge is 0.335 e. The van der Waals surface area contributed by atoms with Crippen LogP contribution in [-0.4, -0.2) is 55.4 Å². The lowest BCUT2D eigenvalue weighted by Crippen LogP contribution is -2.49. The van der Waals surface area contributed by atoms with Crippen molar-refractivity contribution in [1.29, 1.82) is 0 Å². The van der Waals surface area contributed by atoms with Gasteiger partial charge in [0.25, 0.3) is 0 Å². The maximum absolute atomic E-state index is 13.5. The Kier molecular flexibility index (Phi) is 5.64. The molecule has 0 bridgehead atoms. The summed E-state index contributed by atoms with van der Waals surface area (Å²) in [6.07, 6.45) is 0.512. The highest BCUT2D eigenvalue weighted by Gasteiger charge is 2.37. The van der Waals surface area contributed by atoms with Crippen LogP contribution in [0.4, 0.5) is 0 Å². The summed E-state index contributed by atoms with van der Waals surface area (Å²) in [5.41, 5.74) is 1.54. The average molecular weight is 388 g/mol. The topological polar surface area (TPSA) is 77.9 Å². The number of benzene rings is 2. The lowest BCUT2D eigenvalue weighted by molar-refractivity contribution is 0.0696. The van der Waals surface area contributed by atoms with Gasteiger partial charge in [-0.05, 0) is 36.7 Å². The fourth-order valence-electron chi connectivity index (χ4n) is 3.48. The number of aromatic carboxylic acids is 1. The van der Waals surface area contributed by atoms with Gasteiger partial charge in [0.15, 0.2) is 0 Å². The van der Waals surface area contributed by atoms with Crippen molar-refractivity contribution >= 4 is 16.0 Å². The normalized spacial score (nSPS) is 19.1. The summed E-state index contributed by atoms with van der Waals surface area (Å²) >= 11 is 0. The molecule has 0 aliphatic carbocycles. The van der Waals surface area contributed by atoms with Gasteiger partial charge in [-0.2, -0.15) is 4.31 Å². The first-order valence-electron chi connectivity index (χ1n) is 8.96. The van der Waals surface area contributed by atoms with Crippen LogP contribution in [0.2, 0.25) is 0 Å². The molecule has 1 aliphatic heterocycles. The van der Waals surface area contributed by atoms with E-state index in [4.69, 9.17) is 0 Å². The molecule has 1 aliphatic rings. The molecule has 7 heteroatoms. The van der Waals surface area contributed by atoms with E-state index in [1.54, 1.807) is 6.07 Å². The van der Waals surface area contributed by atoms with Crippen molar-refractivity contribution in [2.45, 2.75) is 24.3 Å². The SMILES string of the molecule is CCc1ccc(C(=O)O)cc1S(=O)(=O)N1CCN(C)CC1c1ccccc1. The number of hydrogen-bond donors (Lipinski definition) is 1. The number of nitrogens with zero attached hydrogens (tertiary/aromatic N) is 2. The van der Waals surface area contributed by atoms with E-state index in [0.717, 1.165) is 5.56 Å². The van der Waals surface area contributed by atoms with E-state index in [-0.39, 0.29) is 16.5 Å². The molecule has 0 spiro atoms. The summed E-state index contributed by atoms with van der Waals surface area (Å²) < 4.78 is 28.6. The third kappa shape index (κ3) is 3.90. The number of aryl methyl sites for hydroxylation is 1. The lowest BCUT2D eigenvalue weighted by atomic mass is 10.1. The molecule has 2 aromatic carbocycles. The van der Waals surface area contributed by atoms with Gasteiger partial charge in [0, 0.05) is 19.6 Å². The molecule has 1 fully saturated rings. The fourth-order valence-corrected chi connectivity index (χ4v) is 5.40. The molecule has 27 heavy (non-hydrogen) atoms. The molecule has 3 rings (SSSR count). The Hall–Kier alpha value is -2.22. The number of piperazine rings is 1. The summed E-state index contributed by atoms with van der Waals surface area (Å²) in [5.74, 6) is -1.13. The monoisotopic (exact) mass is 388 g/mol. The van der Waals surface area contributed by atoms with Gasteiger partial charge in [0.1, 0.15) is 0 Å².